The van der Waals surface area contributed by atoms with Crippen molar-refractivity contribution in [3.05, 3.63) is 61.2 Å². The number of hydrogen-bond acceptors (Lipinski definition) is 5. The number of hydrogen-bond donors (Lipinski definition) is 1. The Morgan fingerprint density at radius 3 is 2.49 bits per heavy atom. The molecule has 3 aliphatic rings. The van der Waals surface area contributed by atoms with Crippen molar-refractivity contribution in [1.82, 2.24) is 14.7 Å². The normalized spacial score (nSPS) is 28.6. The molecule has 0 aromatic heterocycles. The second-order valence-electron chi connectivity index (χ2n) is 11.2. The number of amides is 3. The van der Waals surface area contributed by atoms with Gasteiger partial charge in [0.25, 0.3) is 0 Å². The summed E-state index contributed by atoms with van der Waals surface area (Å²) < 4.78 is 6.60. The highest BCUT2D eigenvalue weighted by Gasteiger charge is 2.75. The molecule has 1 spiro atoms. The summed E-state index contributed by atoms with van der Waals surface area (Å²) in [6.45, 7) is 14.3. The van der Waals surface area contributed by atoms with Gasteiger partial charge in [0.05, 0.1) is 30.6 Å². The van der Waals surface area contributed by atoms with Crippen molar-refractivity contribution in [3.63, 3.8) is 0 Å². The lowest BCUT2D eigenvalue weighted by Gasteiger charge is -2.40. The molecule has 3 heterocycles. The van der Waals surface area contributed by atoms with Crippen LogP contribution in [0.2, 0.25) is 0 Å². The molecule has 212 valence electrons. The summed E-state index contributed by atoms with van der Waals surface area (Å²) in [5, 5.41) is 10.1. The topological polar surface area (TPSA) is 90.4 Å². The number of carbonyl (C=O) groups is 3. The Balaban J connectivity index is 1.72. The number of ether oxygens (including phenoxy) is 1. The van der Waals surface area contributed by atoms with Crippen molar-refractivity contribution in [1.29, 1.82) is 0 Å². The van der Waals surface area contributed by atoms with E-state index in [1.54, 1.807) is 28.9 Å². The molecule has 1 aromatic carbocycles. The zero-order valence-corrected chi connectivity index (χ0v) is 23.5. The Morgan fingerprint density at radius 1 is 1.18 bits per heavy atom. The monoisotopic (exact) mass is 537 g/mol. The number of nitrogens with zero attached hydrogens (tertiary/aromatic N) is 3. The van der Waals surface area contributed by atoms with Crippen LogP contribution in [-0.4, -0.2) is 87.1 Å². The zero-order valence-electron chi connectivity index (χ0n) is 23.5. The maximum Gasteiger partial charge on any atom is 0.248 e. The van der Waals surface area contributed by atoms with E-state index in [1.807, 2.05) is 37.3 Å². The van der Waals surface area contributed by atoms with Crippen LogP contribution in [0, 0.1) is 11.8 Å². The lowest BCUT2D eigenvalue weighted by atomic mass is 9.70. The first-order valence-electron chi connectivity index (χ1n) is 14.2. The summed E-state index contributed by atoms with van der Waals surface area (Å²) in [5.41, 5.74) is -0.113. The molecule has 1 aromatic rings. The maximum absolute atomic E-state index is 14.3. The molecule has 1 N–H and O–H groups in total. The van der Waals surface area contributed by atoms with Gasteiger partial charge < -0.3 is 24.5 Å². The Hall–Kier alpha value is -2.97. The largest absolute Gasteiger partial charge is 0.394 e. The zero-order chi connectivity index (χ0) is 28.3. The van der Waals surface area contributed by atoms with Crippen LogP contribution in [0.1, 0.15) is 52.0 Å². The van der Waals surface area contributed by atoms with E-state index in [2.05, 4.69) is 20.1 Å². The van der Waals surface area contributed by atoms with Crippen LogP contribution in [0.3, 0.4) is 0 Å². The Bertz CT molecular complexity index is 1080. The van der Waals surface area contributed by atoms with Crippen molar-refractivity contribution >= 4 is 17.7 Å². The predicted molar refractivity (Wildman–Crippen MR) is 149 cm³/mol. The molecule has 3 fully saturated rings. The minimum absolute atomic E-state index is 0.0534. The molecule has 0 saturated carbocycles. The van der Waals surface area contributed by atoms with Gasteiger partial charge in [0.1, 0.15) is 11.6 Å². The van der Waals surface area contributed by atoms with Crippen molar-refractivity contribution in [3.8, 4) is 0 Å². The summed E-state index contributed by atoms with van der Waals surface area (Å²) in [4.78, 5) is 47.6. The second kappa shape index (κ2) is 12.0. The van der Waals surface area contributed by atoms with Crippen LogP contribution in [-0.2, 0) is 25.7 Å². The van der Waals surface area contributed by atoms with E-state index in [-0.39, 0.29) is 30.4 Å². The molecular formula is C31H43N3O5. The molecule has 3 saturated heterocycles. The van der Waals surface area contributed by atoms with Crippen LogP contribution >= 0.6 is 0 Å². The lowest BCUT2D eigenvalue weighted by molar-refractivity contribution is -0.152. The van der Waals surface area contributed by atoms with Crippen molar-refractivity contribution in [2.24, 2.45) is 11.8 Å². The molecule has 2 bridgehead atoms. The first-order valence-corrected chi connectivity index (χ1v) is 14.2. The van der Waals surface area contributed by atoms with Crippen LogP contribution in [0.4, 0.5) is 0 Å². The molecule has 7 atom stereocenters. The summed E-state index contributed by atoms with van der Waals surface area (Å²) in [5.74, 6) is -2.11. The van der Waals surface area contributed by atoms with Gasteiger partial charge >= 0.3 is 0 Å². The van der Waals surface area contributed by atoms with Crippen LogP contribution in [0.15, 0.2) is 55.6 Å². The highest BCUT2D eigenvalue weighted by molar-refractivity contribution is 5.99. The van der Waals surface area contributed by atoms with Crippen LogP contribution < -0.4 is 0 Å². The number of benzene rings is 1. The van der Waals surface area contributed by atoms with Gasteiger partial charge in [-0.25, -0.2) is 0 Å². The van der Waals surface area contributed by atoms with Crippen LogP contribution in [0.5, 0.6) is 0 Å². The SMILES string of the molecule is C=CCN(Cc1ccccc1)C(=O)[C@@H]1[C@@H]2CCC3(O2)C(C(=O)N(CC=C)C(C)CCC)N([C@H](C)CO)C(=O)[C@H]13. The third kappa shape index (κ3) is 5.05. The molecule has 0 radical (unpaired) electrons. The fourth-order valence-electron chi connectivity index (χ4n) is 6.97. The van der Waals surface area contributed by atoms with E-state index in [0.29, 0.717) is 32.5 Å². The number of rotatable bonds is 13. The third-order valence-electron chi connectivity index (χ3n) is 8.72. The minimum atomic E-state index is -1.10. The van der Waals surface area contributed by atoms with Crippen molar-refractivity contribution < 1.29 is 24.2 Å². The molecule has 39 heavy (non-hydrogen) atoms. The van der Waals surface area contributed by atoms with E-state index < -0.39 is 35.6 Å². The van der Waals surface area contributed by atoms with Crippen LogP contribution in [0.25, 0.3) is 0 Å². The highest BCUT2D eigenvalue weighted by Crippen LogP contribution is 2.59. The number of carbonyl (C=O) groups excluding carboxylic acids is 3. The van der Waals surface area contributed by atoms with Gasteiger partial charge in [0.2, 0.25) is 17.7 Å². The van der Waals surface area contributed by atoms with E-state index in [1.165, 1.54) is 4.90 Å². The molecule has 3 unspecified atom stereocenters. The molecule has 3 amide bonds. The lowest BCUT2D eigenvalue weighted by Crippen LogP contribution is -2.59. The number of likely N-dealkylation sites (tertiary alicyclic amines) is 1. The number of aliphatic hydroxyl groups excluding tert-OH is 1. The number of aliphatic hydroxyl groups is 1. The average Bonchev–Trinajstić information content (AvgIpc) is 3.58. The fourth-order valence-corrected chi connectivity index (χ4v) is 6.97. The summed E-state index contributed by atoms with van der Waals surface area (Å²) in [7, 11) is 0. The highest BCUT2D eigenvalue weighted by atomic mass is 16.5. The van der Waals surface area contributed by atoms with Gasteiger partial charge in [-0.1, -0.05) is 55.8 Å². The standard InChI is InChI=1S/C31H43N3O5/c1-6-12-21(4)33(18-8-3)30(38)27-31-16-15-24(39-31)25(26(31)29(37)34(27)22(5)20-35)28(36)32(17-7-2)19-23-13-10-9-11-14-23/h7-11,13-14,21-22,24-27,35H,2-3,6,12,15-20H2,1,4-5H3/t21?,22-,24+,25-,26+,27?,31?/m1/s1. The van der Waals surface area contributed by atoms with Gasteiger partial charge in [0.15, 0.2) is 0 Å². The molecule has 8 nitrogen and oxygen atoms in total. The average molecular weight is 538 g/mol. The minimum Gasteiger partial charge on any atom is -0.394 e. The van der Waals surface area contributed by atoms with E-state index >= 15 is 0 Å². The van der Waals surface area contributed by atoms with E-state index in [0.717, 1.165) is 18.4 Å². The Kier molecular flexibility index (Phi) is 8.96. The molecule has 8 heteroatoms. The fraction of sp³-hybridized carbons (Fsp3) is 0.581. The quantitative estimate of drug-likeness (QED) is 0.391. The second-order valence-corrected chi connectivity index (χ2v) is 11.2. The van der Waals surface area contributed by atoms with Gasteiger partial charge in [-0.05, 0) is 38.7 Å². The van der Waals surface area contributed by atoms with E-state index in [9.17, 15) is 19.5 Å². The first-order chi connectivity index (χ1) is 18.7. The molecule has 3 aliphatic heterocycles. The number of fused-ring (bicyclic) bond motifs is 1. The molecule has 0 aliphatic carbocycles. The first kappa shape index (κ1) is 29.0. The van der Waals surface area contributed by atoms with Gasteiger partial charge in [-0.15, -0.1) is 13.2 Å². The summed E-state index contributed by atoms with van der Waals surface area (Å²) in [6, 6.07) is 8.18. The maximum atomic E-state index is 14.3. The third-order valence-corrected chi connectivity index (χ3v) is 8.72. The molecule has 4 rings (SSSR count). The van der Waals surface area contributed by atoms with Gasteiger partial charge in [0, 0.05) is 25.7 Å². The predicted octanol–water partition coefficient (Wildman–Crippen LogP) is 3.16. The molecular weight excluding hydrogens is 494 g/mol. The van der Waals surface area contributed by atoms with Gasteiger partial charge in [-0.3, -0.25) is 14.4 Å². The van der Waals surface area contributed by atoms with Gasteiger partial charge in [-0.2, -0.15) is 0 Å². The smallest absolute Gasteiger partial charge is 0.248 e. The Morgan fingerprint density at radius 2 is 1.87 bits per heavy atom. The van der Waals surface area contributed by atoms with Crippen molar-refractivity contribution in [2.45, 2.75) is 82.8 Å². The summed E-state index contributed by atoms with van der Waals surface area (Å²) in [6.07, 6.45) is 5.80. The van der Waals surface area contributed by atoms with Crippen molar-refractivity contribution in [2.75, 3.05) is 19.7 Å². The van der Waals surface area contributed by atoms with E-state index in [4.69, 9.17) is 4.74 Å². The Labute approximate surface area is 232 Å². The summed E-state index contributed by atoms with van der Waals surface area (Å²) >= 11 is 0.